The Morgan fingerprint density at radius 3 is 2.69 bits per heavy atom. The van der Waals surface area contributed by atoms with Crippen LogP contribution in [0.1, 0.15) is 31.9 Å². The summed E-state index contributed by atoms with van der Waals surface area (Å²) >= 11 is 0. The molecular weight excluding hydrogens is 200 g/mol. The van der Waals surface area contributed by atoms with Crippen molar-refractivity contribution in [1.29, 1.82) is 5.26 Å². The van der Waals surface area contributed by atoms with E-state index in [1.165, 1.54) is 6.92 Å². The minimum Gasteiger partial charge on any atom is -0.356 e. The quantitative estimate of drug-likeness (QED) is 0.846. The SMILES string of the molecule is CC.CC(=O)NCCc1cccc(C#N)c1. The summed E-state index contributed by atoms with van der Waals surface area (Å²) in [4.78, 5) is 10.6. The van der Waals surface area contributed by atoms with Gasteiger partial charge in [-0.1, -0.05) is 26.0 Å². The summed E-state index contributed by atoms with van der Waals surface area (Å²) in [5.41, 5.74) is 1.73. The van der Waals surface area contributed by atoms with Crippen LogP contribution in [0.25, 0.3) is 0 Å². The largest absolute Gasteiger partial charge is 0.356 e. The summed E-state index contributed by atoms with van der Waals surface area (Å²) < 4.78 is 0. The van der Waals surface area contributed by atoms with Gasteiger partial charge in [0.25, 0.3) is 0 Å². The minimum atomic E-state index is -0.0264. The molecule has 1 aromatic carbocycles. The van der Waals surface area contributed by atoms with Gasteiger partial charge >= 0.3 is 0 Å². The van der Waals surface area contributed by atoms with Gasteiger partial charge in [0.05, 0.1) is 11.6 Å². The molecule has 16 heavy (non-hydrogen) atoms. The maximum atomic E-state index is 10.6. The van der Waals surface area contributed by atoms with Crippen molar-refractivity contribution < 1.29 is 4.79 Å². The number of amides is 1. The average Bonchev–Trinajstić information content (AvgIpc) is 2.31. The van der Waals surface area contributed by atoms with E-state index in [1.54, 1.807) is 6.07 Å². The van der Waals surface area contributed by atoms with E-state index in [-0.39, 0.29) is 5.91 Å². The molecule has 0 aliphatic rings. The lowest BCUT2D eigenvalue weighted by Gasteiger charge is -2.02. The highest BCUT2D eigenvalue weighted by atomic mass is 16.1. The molecule has 0 aliphatic carbocycles. The number of hydrogen-bond acceptors (Lipinski definition) is 2. The Morgan fingerprint density at radius 2 is 2.12 bits per heavy atom. The monoisotopic (exact) mass is 218 g/mol. The Labute approximate surface area is 97.1 Å². The van der Waals surface area contributed by atoms with Gasteiger partial charge in [0.1, 0.15) is 0 Å². The average molecular weight is 218 g/mol. The van der Waals surface area contributed by atoms with Crippen LogP contribution in [0.2, 0.25) is 0 Å². The van der Waals surface area contributed by atoms with Gasteiger partial charge in [0.2, 0.25) is 5.91 Å². The number of nitrogens with zero attached hydrogens (tertiary/aromatic N) is 1. The molecule has 0 spiro atoms. The first kappa shape index (κ1) is 14.2. The number of rotatable bonds is 3. The van der Waals surface area contributed by atoms with Gasteiger partial charge < -0.3 is 5.32 Å². The molecule has 3 nitrogen and oxygen atoms in total. The zero-order valence-electron chi connectivity index (χ0n) is 10.1. The number of hydrogen-bond donors (Lipinski definition) is 1. The summed E-state index contributed by atoms with van der Waals surface area (Å²) in [7, 11) is 0. The third-order valence-electron chi connectivity index (χ3n) is 1.84. The summed E-state index contributed by atoms with van der Waals surface area (Å²) in [6.45, 7) is 6.11. The van der Waals surface area contributed by atoms with Crippen LogP contribution in [0.5, 0.6) is 0 Å². The zero-order chi connectivity index (χ0) is 12.4. The minimum absolute atomic E-state index is 0.0264. The van der Waals surface area contributed by atoms with Crippen molar-refractivity contribution in [3.8, 4) is 6.07 Å². The molecule has 0 aromatic heterocycles. The molecule has 1 aromatic rings. The Kier molecular flexibility index (Phi) is 7.52. The predicted octanol–water partition coefficient (Wildman–Crippen LogP) is 2.26. The lowest BCUT2D eigenvalue weighted by Crippen LogP contribution is -2.22. The molecule has 86 valence electrons. The summed E-state index contributed by atoms with van der Waals surface area (Å²) in [5.74, 6) is -0.0264. The second-order valence-corrected chi connectivity index (χ2v) is 3.05. The normalized spacial score (nSPS) is 8.38. The Bertz CT molecular complexity index is 366. The number of nitrogens with one attached hydrogen (secondary N) is 1. The van der Waals surface area contributed by atoms with Gasteiger partial charge in [-0.2, -0.15) is 5.26 Å². The molecule has 0 saturated carbocycles. The van der Waals surface area contributed by atoms with Crippen LogP contribution in [0, 0.1) is 11.3 Å². The smallest absolute Gasteiger partial charge is 0.216 e. The Morgan fingerprint density at radius 1 is 1.44 bits per heavy atom. The van der Waals surface area contributed by atoms with Gasteiger partial charge in [-0.05, 0) is 24.1 Å². The van der Waals surface area contributed by atoms with E-state index in [4.69, 9.17) is 5.26 Å². The van der Waals surface area contributed by atoms with Gasteiger partial charge in [-0.15, -0.1) is 0 Å². The van der Waals surface area contributed by atoms with Crippen molar-refractivity contribution in [3.05, 3.63) is 35.4 Å². The molecule has 0 fully saturated rings. The van der Waals surface area contributed by atoms with Crippen molar-refractivity contribution in [3.63, 3.8) is 0 Å². The van der Waals surface area contributed by atoms with Crippen LogP contribution in [0.3, 0.4) is 0 Å². The van der Waals surface area contributed by atoms with Crippen molar-refractivity contribution in [2.24, 2.45) is 0 Å². The van der Waals surface area contributed by atoms with Gasteiger partial charge in [0.15, 0.2) is 0 Å². The lowest BCUT2D eigenvalue weighted by molar-refractivity contribution is -0.118. The number of benzene rings is 1. The molecule has 0 aliphatic heterocycles. The highest BCUT2D eigenvalue weighted by Crippen LogP contribution is 2.04. The van der Waals surface area contributed by atoms with Crippen LogP contribution in [-0.2, 0) is 11.2 Å². The van der Waals surface area contributed by atoms with Gasteiger partial charge in [0, 0.05) is 13.5 Å². The first-order valence-electron chi connectivity index (χ1n) is 5.46. The van der Waals surface area contributed by atoms with Crippen molar-refractivity contribution >= 4 is 5.91 Å². The molecule has 1 rings (SSSR count). The number of carbonyl (C=O) groups excluding carboxylic acids is 1. The molecule has 0 saturated heterocycles. The first-order chi connectivity index (χ1) is 7.72. The van der Waals surface area contributed by atoms with Gasteiger partial charge in [-0.25, -0.2) is 0 Å². The Hall–Kier alpha value is -1.82. The summed E-state index contributed by atoms with van der Waals surface area (Å²) in [5, 5.41) is 11.4. The third kappa shape index (κ3) is 5.82. The molecule has 0 unspecified atom stereocenters. The topological polar surface area (TPSA) is 52.9 Å². The van der Waals surface area contributed by atoms with E-state index in [2.05, 4.69) is 11.4 Å². The summed E-state index contributed by atoms with van der Waals surface area (Å²) in [6.07, 6.45) is 0.759. The standard InChI is InChI=1S/C11H12N2O.C2H6/c1-9(14)13-6-5-10-3-2-4-11(7-10)8-12;1-2/h2-4,7H,5-6H2,1H3,(H,13,14);1-2H3. The number of carbonyl (C=O) groups is 1. The fraction of sp³-hybridized carbons (Fsp3) is 0.385. The molecule has 3 heteroatoms. The zero-order valence-corrected chi connectivity index (χ0v) is 10.1. The second kappa shape index (κ2) is 8.49. The molecule has 1 amide bonds. The first-order valence-corrected chi connectivity index (χ1v) is 5.46. The van der Waals surface area contributed by atoms with Crippen LogP contribution in [0.15, 0.2) is 24.3 Å². The van der Waals surface area contributed by atoms with Crippen LogP contribution >= 0.6 is 0 Å². The fourth-order valence-electron chi connectivity index (χ4n) is 1.18. The third-order valence-corrected chi connectivity index (χ3v) is 1.84. The molecule has 1 N–H and O–H groups in total. The molecule has 0 radical (unpaired) electrons. The predicted molar refractivity (Wildman–Crippen MR) is 64.9 cm³/mol. The highest BCUT2D eigenvalue weighted by Gasteiger charge is 1.95. The van der Waals surface area contributed by atoms with E-state index in [9.17, 15) is 4.79 Å². The molecule has 0 heterocycles. The van der Waals surface area contributed by atoms with E-state index in [0.717, 1.165) is 12.0 Å². The van der Waals surface area contributed by atoms with E-state index >= 15 is 0 Å². The number of nitriles is 1. The maximum Gasteiger partial charge on any atom is 0.216 e. The maximum absolute atomic E-state index is 10.6. The molecule has 0 bridgehead atoms. The second-order valence-electron chi connectivity index (χ2n) is 3.05. The van der Waals surface area contributed by atoms with E-state index in [0.29, 0.717) is 12.1 Å². The fourth-order valence-corrected chi connectivity index (χ4v) is 1.18. The van der Waals surface area contributed by atoms with Crippen LogP contribution < -0.4 is 5.32 Å². The van der Waals surface area contributed by atoms with Crippen LogP contribution in [0.4, 0.5) is 0 Å². The van der Waals surface area contributed by atoms with Crippen molar-refractivity contribution in [2.75, 3.05) is 6.54 Å². The van der Waals surface area contributed by atoms with Crippen molar-refractivity contribution in [2.45, 2.75) is 27.2 Å². The van der Waals surface area contributed by atoms with E-state index < -0.39 is 0 Å². The lowest BCUT2D eigenvalue weighted by atomic mass is 10.1. The van der Waals surface area contributed by atoms with Crippen molar-refractivity contribution in [1.82, 2.24) is 5.32 Å². The highest BCUT2D eigenvalue weighted by molar-refractivity contribution is 5.72. The van der Waals surface area contributed by atoms with Crippen LogP contribution in [-0.4, -0.2) is 12.5 Å². The van der Waals surface area contributed by atoms with E-state index in [1.807, 2.05) is 32.0 Å². The molecule has 0 atom stereocenters. The molecular formula is C13H18N2O. The Balaban J connectivity index is 0.00000106. The summed E-state index contributed by atoms with van der Waals surface area (Å²) in [6, 6.07) is 9.48. The van der Waals surface area contributed by atoms with Gasteiger partial charge in [-0.3, -0.25) is 4.79 Å².